The standard InChI is InChI=1S/C19H14N8O.C3H7NO/c20-9-12(18-24-13-3-1-2-4-14(13)25-18)17-19(27-5-7-28-8-6-27)26-16(11-22)15(10-21)23-17;1-4(2)3-5/h1-4,24-25H,5-8H2;3H,1-2H3. The number of amides is 1. The first kappa shape index (κ1) is 23.0. The molecule has 0 radical (unpaired) electrons. The van der Waals surface area contributed by atoms with Crippen LogP contribution in [0.2, 0.25) is 0 Å². The Morgan fingerprint density at radius 1 is 1.06 bits per heavy atom. The maximum absolute atomic E-state index is 9.89. The summed E-state index contributed by atoms with van der Waals surface area (Å²) in [5, 5.41) is 34.9. The Balaban J connectivity index is 0.000000555. The summed E-state index contributed by atoms with van der Waals surface area (Å²) in [6.07, 6.45) is 0.750. The number of carbonyl (C=O) groups excluding carboxylic acids is 1. The van der Waals surface area contributed by atoms with Gasteiger partial charge in [-0.15, -0.1) is 0 Å². The molecule has 166 valence electrons. The summed E-state index contributed by atoms with van der Waals surface area (Å²) < 4.78 is 5.38. The van der Waals surface area contributed by atoms with Crippen molar-refractivity contribution in [2.45, 2.75) is 0 Å². The minimum Gasteiger partial charge on any atom is -0.378 e. The molecule has 0 unspecified atom stereocenters. The smallest absolute Gasteiger partial charge is 0.209 e. The number of nitrogens with zero attached hydrogens (tertiary/aromatic N) is 7. The van der Waals surface area contributed by atoms with E-state index in [-0.39, 0.29) is 22.7 Å². The second-order valence-electron chi connectivity index (χ2n) is 7.14. The average Bonchev–Trinajstić information content (AvgIpc) is 3.28. The third-order valence-electron chi connectivity index (χ3n) is 4.66. The molecule has 1 saturated heterocycles. The van der Waals surface area contributed by atoms with E-state index in [2.05, 4.69) is 26.7 Å². The second-order valence-corrected chi connectivity index (χ2v) is 7.14. The highest BCUT2D eigenvalue weighted by molar-refractivity contribution is 5.92. The van der Waals surface area contributed by atoms with Gasteiger partial charge in [0, 0.05) is 27.2 Å². The fourth-order valence-electron chi connectivity index (χ4n) is 3.10. The lowest BCUT2D eigenvalue weighted by molar-refractivity contribution is -0.115. The van der Waals surface area contributed by atoms with Crippen LogP contribution in [0.25, 0.3) is 5.57 Å². The number of rotatable bonds is 3. The van der Waals surface area contributed by atoms with Crippen LogP contribution in [0.5, 0.6) is 0 Å². The number of nitriles is 3. The van der Waals surface area contributed by atoms with E-state index in [4.69, 9.17) is 4.74 Å². The molecular formula is C22H21N9O2. The van der Waals surface area contributed by atoms with Crippen molar-refractivity contribution in [2.24, 2.45) is 0 Å². The van der Waals surface area contributed by atoms with Crippen LogP contribution in [0.4, 0.5) is 17.2 Å². The van der Waals surface area contributed by atoms with E-state index >= 15 is 0 Å². The Kier molecular flexibility index (Phi) is 7.38. The molecule has 11 nitrogen and oxygen atoms in total. The molecule has 0 spiro atoms. The Hall–Kier alpha value is -4.66. The topological polar surface area (TPSA) is 154 Å². The molecular weight excluding hydrogens is 422 g/mol. The lowest BCUT2D eigenvalue weighted by atomic mass is 10.1. The van der Waals surface area contributed by atoms with Gasteiger partial charge < -0.3 is 25.2 Å². The molecule has 1 fully saturated rings. The normalized spacial score (nSPS) is 13.5. The summed E-state index contributed by atoms with van der Waals surface area (Å²) in [5.41, 5.74) is 1.96. The Morgan fingerprint density at radius 2 is 1.61 bits per heavy atom. The van der Waals surface area contributed by atoms with Gasteiger partial charge in [0.1, 0.15) is 35.3 Å². The van der Waals surface area contributed by atoms with Crippen molar-refractivity contribution < 1.29 is 9.53 Å². The lowest BCUT2D eigenvalue weighted by Gasteiger charge is -2.29. The van der Waals surface area contributed by atoms with Gasteiger partial charge in [0.15, 0.2) is 17.2 Å². The van der Waals surface area contributed by atoms with E-state index < -0.39 is 0 Å². The molecule has 33 heavy (non-hydrogen) atoms. The maximum atomic E-state index is 9.89. The van der Waals surface area contributed by atoms with E-state index in [1.54, 1.807) is 14.1 Å². The largest absolute Gasteiger partial charge is 0.378 e. The zero-order valence-electron chi connectivity index (χ0n) is 18.2. The fourth-order valence-corrected chi connectivity index (χ4v) is 3.10. The first-order valence-corrected chi connectivity index (χ1v) is 9.96. The molecule has 0 saturated carbocycles. The van der Waals surface area contributed by atoms with Crippen LogP contribution in [0.15, 0.2) is 30.1 Å². The van der Waals surface area contributed by atoms with Crippen LogP contribution >= 0.6 is 0 Å². The Bertz CT molecular complexity index is 1170. The fraction of sp³-hybridized carbons (Fsp3) is 0.273. The van der Waals surface area contributed by atoms with Crippen molar-refractivity contribution >= 4 is 29.2 Å². The summed E-state index contributed by atoms with van der Waals surface area (Å²) in [4.78, 5) is 21.5. The predicted molar refractivity (Wildman–Crippen MR) is 120 cm³/mol. The number of hydrogen-bond donors (Lipinski definition) is 2. The van der Waals surface area contributed by atoms with E-state index in [1.807, 2.05) is 41.3 Å². The molecule has 0 aliphatic carbocycles. The number of hydrogen-bond acceptors (Lipinski definition) is 10. The van der Waals surface area contributed by atoms with Gasteiger partial charge in [-0.2, -0.15) is 15.8 Å². The highest BCUT2D eigenvalue weighted by atomic mass is 16.5. The second kappa shape index (κ2) is 10.6. The van der Waals surface area contributed by atoms with Gasteiger partial charge in [-0.3, -0.25) is 4.79 Å². The van der Waals surface area contributed by atoms with Crippen molar-refractivity contribution in [3.8, 4) is 18.2 Å². The van der Waals surface area contributed by atoms with E-state index in [0.29, 0.717) is 37.9 Å². The molecule has 1 aromatic heterocycles. The van der Waals surface area contributed by atoms with Crippen molar-refractivity contribution in [3.63, 3.8) is 0 Å². The molecule has 2 aliphatic heterocycles. The molecule has 11 heteroatoms. The summed E-state index contributed by atoms with van der Waals surface area (Å²) in [6, 6.07) is 13.5. The zero-order valence-corrected chi connectivity index (χ0v) is 18.2. The summed E-state index contributed by atoms with van der Waals surface area (Å²) in [6.45, 7) is 2.11. The van der Waals surface area contributed by atoms with Gasteiger partial charge in [0.25, 0.3) is 0 Å². The van der Waals surface area contributed by atoms with Gasteiger partial charge in [-0.25, -0.2) is 9.97 Å². The summed E-state index contributed by atoms with van der Waals surface area (Å²) in [5.74, 6) is 0.851. The zero-order chi connectivity index (χ0) is 23.8. The quantitative estimate of drug-likeness (QED) is 0.526. The molecule has 1 aromatic carbocycles. The van der Waals surface area contributed by atoms with Crippen LogP contribution in [-0.2, 0) is 9.53 Å². The van der Waals surface area contributed by atoms with Gasteiger partial charge in [0.2, 0.25) is 6.41 Å². The van der Waals surface area contributed by atoms with E-state index in [0.717, 1.165) is 17.8 Å². The molecule has 2 aromatic rings. The summed E-state index contributed by atoms with van der Waals surface area (Å²) >= 11 is 0. The van der Waals surface area contributed by atoms with Gasteiger partial charge in [-0.05, 0) is 12.1 Å². The minimum atomic E-state index is -0.113. The van der Waals surface area contributed by atoms with Crippen molar-refractivity contribution in [1.29, 1.82) is 15.8 Å². The first-order chi connectivity index (χ1) is 16.0. The van der Waals surface area contributed by atoms with Crippen LogP contribution in [0, 0.1) is 34.0 Å². The molecule has 0 atom stereocenters. The van der Waals surface area contributed by atoms with Crippen LogP contribution < -0.4 is 15.5 Å². The van der Waals surface area contributed by atoms with Crippen molar-refractivity contribution in [3.05, 3.63) is 47.2 Å². The lowest BCUT2D eigenvalue weighted by Crippen LogP contribution is -2.37. The average molecular weight is 443 g/mol. The molecule has 2 N–H and O–H groups in total. The number of para-hydroxylation sites is 2. The molecule has 2 aliphatic rings. The monoisotopic (exact) mass is 443 g/mol. The number of benzene rings is 1. The van der Waals surface area contributed by atoms with E-state index in [1.165, 1.54) is 4.90 Å². The molecule has 1 amide bonds. The number of ether oxygens (including phenoxy) is 1. The van der Waals surface area contributed by atoms with Gasteiger partial charge in [0.05, 0.1) is 24.6 Å². The van der Waals surface area contributed by atoms with Crippen LogP contribution in [0.1, 0.15) is 17.1 Å². The number of anilines is 3. The number of nitrogens with one attached hydrogen (secondary N) is 2. The van der Waals surface area contributed by atoms with Crippen LogP contribution in [0.3, 0.4) is 0 Å². The number of morpholine rings is 1. The highest BCUT2D eigenvalue weighted by Gasteiger charge is 2.27. The number of aromatic nitrogens is 2. The van der Waals surface area contributed by atoms with Crippen molar-refractivity contribution in [2.75, 3.05) is 55.9 Å². The Labute approximate surface area is 191 Å². The third-order valence-corrected chi connectivity index (χ3v) is 4.66. The number of fused-ring (bicyclic) bond motifs is 1. The molecule has 0 bridgehead atoms. The first-order valence-electron chi connectivity index (χ1n) is 9.96. The predicted octanol–water partition coefficient (Wildman–Crippen LogP) is 1.49. The van der Waals surface area contributed by atoms with Gasteiger partial charge >= 0.3 is 0 Å². The number of allylic oxidation sites excluding steroid dienone is 1. The number of carbonyl (C=O) groups is 1. The molecule has 4 rings (SSSR count). The summed E-state index contributed by atoms with van der Waals surface area (Å²) in [7, 11) is 3.38. The maximum Gasteiger partial charge on any atom is 0.209 e. The SMILES string of the molecule is CN(C)C=O.N#CC(=C1Nc2ccccc2N1)c1nc(C#N)c(C#N)nc1N1CCOCC1. The van der Waals surface area contributed by atoms with Crippen LogP contribution in [-0.4, -0.2) is 61.7 Å². The van der Waals surface area contributed by atoms with Crippen molar-refractivity contribution in [1.82, 2.24) is 14.9 Å². The molecule has 3 heterocycles. The van der Waals surface area contributed by atoms with E-state index in [9.17, 15) is 20.6 Å². The highest BCUT2D eigenvalue weighted by Crippen LogP contribution is 2.35. The Morgan fingerprint density at radius 3 is 2.09 bits per heavy atom. The minimum absolute atomic E-state index is 0.0642. The van der Waals surface area contributed by atoms with Gasteiger partial charge in [-0.1, -0.05) is 12.1 Å². The third kappa shape index (κ3) is 5.16.